The first-order valence-electron chi connectivity index (χ1n) is 12.1. The van der Waals surface area contributed by atoms with Gasteiger partial charge in [-0.05, 0) is 50.5 Å². The van der Waals surface area contributed by atoms with E-state index in [0.717, 1.165) is 28.0 Å². The summed E-state index contributed by atoms with van der Waals surface area (Å²) in [4.78, 5) is 39.0. The molecule has 0 saturated heterocycles. The highest BCUT2D eigenvalue weighted by molar-refractivity contribution is 8.00. The number of hydrogen-bond acceptors (Lipinski definition) is 6. The molecular formula is C28H32N2O4S2. The van der Waals surface area contributed by atoms with E-state index in [1.807, 2.05) is 74.7 Å². The Bertz CT molecular complexity index is 1200. The summed E-state index contributed by atoms with van der Waals surface area (Å²) in [6, 6.07) is 15.4. The van der Waals surface area contributed by atoms with Crippen molar-refractivity contribution in [3.63, 3.8) is 0 Å². The summed E-state index contributed by atoms with van der Waals surface area (Å²) in [6.07, 6.45) is 1.83. The van der Waals surface area contributed by atoms with Gasteiger partial charge in [0.15, 0.2) is 0 Å². The summed E-state index contributed by atoms with van der Waals surface area (Å²) in [5.41, 5.74) is 3.84. The van der Waals surface area contributed by atoms with E-state index in [4.69, 9.17) is 4.74 Å². The Balaban J connectivity index is 1.80. The maximum Gasteiger partial charge on any atom is 0.341 e. The maximum absolute atomic E-state index is 13.3. The number of thiophene rings is 1. The molecule has 0 bridgehead atoms. The first-order valence-corrected chi connectivity index (χ1v) is 13.8. The number of amides is 2. The Labute approximate surface area is 220 Å². The van der Waals surface area contributed by atoms with Crippen LogP contribution >= 0.6 is 23.1 Å². The number of carbonyl (C=O) groups is 3. The maximum atomic E-state index is 13.3. The molecule has 6 nitrogen and oxygen atoms in total. The molecule has 36 heavy (non-hydrogen) atoms. The molecule has 190 valence electrons. The van der Waals surface area contributed by atoms with E-state index in [0.29, 0.717) is 29.1 Å². The topological polar surface area (TPSA) is 84.5 Å². The van der Waals surface area contributed by atoms with Crippen LogP contribution in [0.25, 0.3) is 11.1 Å². The lowest BCUT2D eigenvalue weighted by Gasteiger charge is -2.16. The number of aryl methyl sites for hydroxylation is 1. The smallest absolute Gasteiger partial charge is 0.341 e. The standard InChI is InChI=1S/C28H32N2O4S2/c1-5-9-24(31)29-20-10-8-11-21(16-20)36-23(6-2)26(32)30-27-25(28(33)34-7-3)22(17-35-27)19-14-12-18(4)13-15-19/h8,10-17,23H,5-7,9H2,1-4H3,(H,29,31)(H,30,32). The van der Waals surface area contributed by atoms with E-state index in [2.05, 4.69) is 10.6 Å². The SMILES string of the molecule is CCCC(=O)Nc1cccc(SC(CC)C(=O)Nc2scc(-c3ccc(C)cc3)c2C(=O)OCC)c1. The van der Waals surface area contributed by atoms with Gasteiger partial charge in [-0.3, -0.25) is 9.59 Å². The van der Waals surface area contributed by atoms with Gasteiger partial charge in [0, 0.05) is 27.9 Å². The van der Waals surface area contributed by atoms with Crippen molar-refractivity contribution in [2.24, 2.45) is 0 Å². The fourth-order valence-corrected chi connectivity index (χ4v) is 5.55. The first-order chi connectivity index (χ1) is 17.4. The van der Waals surface area contributed by atoms with Crippen molar-refractivity contribution in [2.45, 2.75) is 57.1 Å². The summed E-state index contributed by atoms with van der Waals surface area (Å²) in [5.74, 6) is -0.676. The normalized spacial score (nSPS) is 11.6. The minimum Gasteiger partial charge on any atom is -0.462 e. The molecular weight excluding hydrogens is 492 g/mol. The number of carbonyl (C=O) groups excluding carboxylic acids is 3. The Hall–Kier alpha value is -3.10. The number of nitrogens with one attached hydrogen (secondary N) is 2. The number of ether oxygens (including phenoxy) is 1. The van der Waals surface area contributed by atoms with Crippen molar-refractivity contribution in [2.75, 3.05) is 17.2 Å². The molecule has 1 atom stereocenters. The highest BCUT2D eigenvalue weighted by Crippen LogP contribution is 2.37. The zero-order valence-electron chi connectivity index (χ0n) is 21.1. The molecule has 0 aliphatic rings. The highest BCUT2D eigenvalue weighted by atomic mass is 32.2. The fraction of sp³-hybridized carbons (Fsp3) is 0.321. The van der Waals surface area contributed by atoms with Crippen LogP contribution in [0.3, 0.4) is 0 Å². The zero-order valence-corrected chi connectivity index (χ0v) is 22.7. The second-order valence-electron chi connectivity index (χ2n) is 8.27. The van der Waals surface area contributed by atoms with E-state index in [1.165, 1.54) is 23.1 Å². The monoisotopic (exact) mass is 524 g/mol. The fourth-order valence-electron chi connectivity index (χ4n) is 3.58. The second-order valence-corrected chi connectivity index (χ2v) is 10.4. The van der Waals surface area contributed by atoms with Gasteiger partial charge in [0.05, 0.1) is 11.9 Å². The number of benzene rings is 2. The number of anilines is 2. The molecule has 3 aromatic rings. The van der Waals surface area contributed by atoms with Crippen molar-refractivity contribution in [3.8, 4) is 11.1 Å². The minimum atomic E-state index is -0.458. The van der Waals surface area contributed by atoms with Gasteiger partial charge in [-0.2, -0.15) is 0 Å². The van der Waals surface area contributed by atoms with Crippen LogP contribution in [0.4, 0.5) is 10.7 Å². The Kier molecular flexibility index (Phi) is 10.1. The first kappa shape index (κ1) is 27.5. The number of hydrogen-bond donors (Lipinski definition) is 2. The molecule has 2 amide bonds. The summed E-state index contributed by atoms with van der Waals surface area (Å²) < 4.78 is 5.32. The molecule has 0 saturated carbocycles. The van der Waals surface area contributed by atoms with Gasteiger partial charge in [0.1, 0.15) is 10.6 Å². The third-order valence-corrected chi connectivity index (χ3v) is 7.66. The van der Waals surface area contributed by atoms with Crippen LogP contribution in [0.2, 0.25) is 0 Å². The Morgan fingerprint density at radius 3 is 2.44 bits per heavy atom. The second kappa shape index (κ2) is 13.3. The summed E-state index contributed by atoms with van der Waals surface area (Å²) in [5, 5.41) is 7.84. The lowest BCUT2D eigenvalue weighted by atomic mass is 10.0. The lowest BCUT2D eigenvalue weighted by Crippen LogP contribution is -2.25. The van der Waals surface area contributed by atoms with Crippen LogP contribution < -0.4 is 10.6 Å². The van der Waals surface area contributed by atoms with Crippen LogP contribution in [0.5, 0.6) is 0 Å². The van der Waals surface area contributed by atoms with E-state index in [1.54, 1.807) is 6.92 Å². The van der Waals surface area contributed by atoms with Crippen LogP contribution in [0.1, 0.15) is 56.0 Å². The summed E-state index contributed by atoms with van der Waals surface area (Å²) >= 11 is 2.74. The van der Waals surface area contributed by atoms with Gasteiger partial charge in [-0.15, -0.1) is 23.1 Å². The molecule has 2 N–H and O–H groups in total. The highest BCUT2D eigenvalue weighted by Gasteiger charge is 2.25. The molecule has 1 aromatic heterocycles. The molecule has 0 aliphatic heterocycles. The van der Waals surface area contributed by atoms with Gasteiger partial charge in [0.25, 0.3) is 0 Å². The van der Waals surface area contributed by atoms with Gasteiger partial charge < -0.3 is 15.4 Å². The minimum absolute atomic E-state index is 0.0296. The molecule has 2 aromatic carbocycles. The van der Waals surface area contributed by atoms with E-state index in [-0.39, 0.29) is 23.7 Å². The predicted molar refractivity (Wildman–Crippen MR) is 149 cm³/mol. The Morgan fingerprint density at radius 1 is 1.03 bits per heavy atom. The van der Waals surface area contributed by atoms with E-state index < -0.39 is 5.97 Å². The van der Waals surface area contributed by atoms with Gasteiger partial charge in [-0.25, -0.2) is 4.79 Å². The van der Waals surface area contributed by atoms with Crippen molar-refractivity contribution < 1.29 is 19.1 Å². The van der Waals surface area contributed by atoms with E-state index in [9.17, 15) is 14.4 Å². The average molecular weight is 525 g/mol. The lowest BCUT2D eigenvalue weighted by molar-refractivity contribution is -0.116. The number of esters is 1. The third kappa shape index (κ3) is 7.21. The molecule has 3 rings (SSSR count). The van der Waals surface area contributed by atoms with Crippen LogP contribution in [-0.4, -0.2) is 29.6 Å². The zero-order chi connectivity index (χ0) is 26.1. The summed E-state index contributed by atoms with van der Waals surface area (Å²) in [6.45, 7) is 7.92. The molecule has 0 radical (unpaired) electrons. The van der Waals surface area contributed by atoms with Crippen molar-refractivity contribution in [3.05, 3.63) is 65.0 Å². The van der Waals surface area contributed by atoms with Crippen molar-refractivity contribution in [1.82, 2.24) is 0 Å². The largest absolute Gasteiger partial charge is 0.462 e. The van der Waals surface area contributed by atoms with E-state index >= 15 is 0 Å². The molecule has 8 heteroatoms. The number of thioether (sulfide) groups is 1. The predicted octanol–water partition coefficient (Wildman–Crippen LogP) is 7.15. The molecule has 0 spiro atoms. The van der Waals surface area contributed by atoms with Crippen LogP contribution in [0.15, 0.2) is 58.8 Å². The molecule has 0 fully saturated rings. The molecule has 0 aliphatic carbocycles. The van der Waals surface area contributed by atoms with Crippen LogP contribution in [0, 0.1) is 6.92 Å². The van der Waals surface area contributed by atoms with Gasteiger partial charge >= 0.3 is 5.97 Å². The summed E-state index contributed by atoms with van der Waals surface area (Å²) in [7, 11) is 0. The van der Waals surface area contributed by atoms with Gasteiger partial charge in [-0.1, -0.05) is 49.7 Å². The van der Waals surface area contributed by atoms with Gasteiger partial charge in [0.2, 0.25) is 11.8 Å². The number of rotatable bonds is 11. The quantitative estimate of drug-likeness (QED) is 0.206. The van der Waals surface area contributed by atoms with Crippen LogP contribution in [-0.2, 0) is 14.3 Å². The molecule has 1 heterocycles. The third-order valence-electron chi connectivity index (χ3n) is 5.41. The molecule has 1 unspecified atom stereocenters. The Morgan fingerprint density at radius 2 is 1.78 bits per heavy atom. The van der Waals surface area contributed by atoms with Crippen molar-refractivity contribution in [1.29, 1.82) is 0 Å². The van der Waals surface area contributed by atoms with Crippen molar-refractivity contribution >= 4 is 51.6 Å². The average Bonchev–Trinajstić information content (AvgIpc) is 3.27.